The summed E-state index contributed by atoms with van der Waals surface area (Å²) in [5.41, 5.74) is 3.46. The number of rotatable bonds is 7. The van der Waals surface area contributed by atoms with Crippen molar-refractivity contribution in [1.82, 2.24) is 20.1 Å². The Morgan fingerprint density at radius 1 is 1.22 bits per heavy atom. The Hall–Kier alpha value is -2.47. The van der Waals surface area contributed by atoms with Crippen LogP contribution in [0.1, 0.15) is 23.1 Å². The number of thiophene rings is 1. The van der Waals surface area contributed by atoms with E-state index in [1.54, 1.807) is 22.3 Å². The minimum atomic E-state index is 0.0757. The zero-order chi connectivity index (χ0) is 15.9. The molecule has 3 rings (SSSR count). The summed E-state index contributed by atoms with van der Waals surface area (Å²) < 4.78 is 1.78. The average molecular weight is 326 g/mol. The lowest BCUT2D eigenvalue weighted by atomic mass is 10.1. The summed E-state index contributed by atoms with van der Waals surface area (Å²) in [6.07, 6.45) is 4.52. The molecule has 23 heavy (non-hydrogen) atoms. The van der Waals surface area contributed by atoms with Gasteiger partial charge in [0.25, 0.3) is 0 Å². The van der Waals surface area contributed by atoms with E-state index in [0.717, 1.165) is 17.5 Å². The van der Waals surface area contributed by atoms with E-state index in [2.05, 4.69) is 32.9 Å². The number of carbonyl (C=O) groups excluding carboxylic acids is 1. The van der Waals surface area contributed by atoms with Gasteiger partial charge >= 0.3 is 0 Å². The van der Waals surface area contributed by atoms with Crippen LogP contribution in [0.15, 0.2) is 53.7 Å². The molecule has 0 radical (unpaired) electrons. The van der Waals surface area contributed by atoms with Crippen LogP contribution >= 0.6 is 11.3 Å². The number of nitrogens with zero attached hydrogens (tertiary/aromatic N) is 3. The fourth-order valence-corrected chi connectivity index (χ4v) is 3.05. The van der Waals surface area contributed by atoms with Crippen LogP contribution < -0.4 is 5.32 Å². The summed E-state index contributed by atoms with van der Waals surface area (Å²) in [6.45, 7) is 1.19. The molecular weight excluding hydrogens is 308 g/mol. The van der Waals surface area contributed by atoms with Gasteiger partial charge in [-0.05, 0) is 39.9 Å². The highest BCUT2D eigenvalue weighted by molar-refractivity contribution is 7.07. The molecule has 0 saturated carbocycles. The van der Waals surface area contributed by atoms with Gasteiger partial charge in [-0.2, -0.15) is 16.4 Å². The average Bonchev–Trinajstić information content (AvgIpc) is 3.25. The van der Waals surface area contributed by atoms with E-state index in [1.165, 1.54) is 11.9 Å². The van der Waals surface area contributed by atoms with E-state index in [0.29, 0.717) is 19.5 Å². The first-order chi connectivity index (χ1) is 11.3. The van der Waals surface area contributed by atoms with Crippen molar-refractivity contribution in [3.05, 3.63) is 70.4 Å². The molecule has 2 aromatic heterocycles. The van der Waals surface area contributed by atoms with Crippen molar-refractivity contribution in [3.8, 4) is 0 Å². The van der Waals surface area contributed by atoms with Gasteiger partial charge in [0, 0.05) is 13.0 Å². The third-order valence-electron chi connectivity index (χ3n) is 3.61. The first-order valence-electron chi connectivity index (χ1n) is 7.48. The Morgan fingerprint density at radius 2 is 2.09 bits per heavy atom. The van der Waals surface area contributed by atoms with Crippen molar-refractivity contribution in [2.75, 3.05) is 0 Å². The molecular formula is C17H18N4OS. The van der Waals surface area contributed by atoms with Crippen LogP contribution in [0.2, 0.25) is 0 Å². The highest BCUT2D eigenvalue weighted by Gasteiger charge is 2.06. The zero-order valence-electron chi connectivity index (χ0n) is 12.7. The summed E-state index contributed by atoms with van der Waals surface area (Å²) in [5.74, 6) is 0.0757. The van der Waals surface area contributed by atoms with Gasteiger partial charge in [-0.15, -0.1) is 0 Å². The number of nitrogens with one attached hydrogen (secondary N) is 1. The van der Waals surface area contributed by atoms with E-state index in [-0.39, 0.29) is 5.91 Å². The van der Waals surface area contributed by atoms with Gasteiger partial charge in [0.15, 0.2) is 0 Å². The summed E-state index contributed by atoms with van der Waals surface area (Å²) in [4.78, 5) is 16.0. The monoisotopic (exact) mass is 326 g/mol. The molecule has 0 saturated heterocycles. The van der Waals surface area contributed by atoms with E-state index < -0.39 is 0 Å². The number of amides is 1. The van der Waals surface area contributed by atoms with E-state index in [1.807, 2.05) is 23.6 Å². The van der Waals surface area contributed by atoms with Crippen molar-refractivity contribution in [1.29, 1.82) is 0 Å². The van der Waals surface area contributed by atoms with Crippen molar-refractivity contribution in [2.45, 2.75) is 25.9 Å². The molecule has 1 aromatic carbocycles. The third kappa shape index (κ3) is 4.50. The minimum absolute atomic E-state index is 0.0757. The van der Waals surface area contributed by atoms with Gasteiger partial charge < -0.3 is 5.32 Å². The number of carbonyl (C=O) groups is 1. The molecule has 0 spiro atoms. The molecule has 0 bridgehead atoms. The van der Waals surface area contributed by atoms with Gasteiger partial charge in [0.1, 0.15) is 12.7 Å². The van der Waals surface area contributed by atoms with Crippen LogP contribution in [-0.2, 0) is 24.3 Å². The van der Waals surface area contributed by atoms with Gasteiger partial charge in [-0.1, -0.05) is 24.3 Å². The number of aromatic nitrogens is 3. The lowest BCUT2D eigenvalue weighted by Crippen LogP contribution is -2.23. The number of aryl methyl sites for hydroxylation is 1. The molecule has 0 atom stereocenters. The van der Waals surface area contributed by atoms with Crippen LogP contribution in [0.5, 0.6) is 0 Å². The van der Waals surface area contributed by atoms with Crippen LogP contribution in [0.4, 0.5) is 0 Å². The van der Waals surface area contributed by atoms with Crippen molar-refractivity contribution >= 4 is 17.2 Å². The highest BCUT2D eigenvalue weighted by Crippen LogP contribution is 2.11. The second-order valence-corrected chi connectivity index (χ2v) is 6.05. The van der Waals surface area contributed by atoms with Gasteiger partial charge in [-0.3, -0.25) is 4.79 Å². The van der Waals surface area contributed by atoms with E-state index in [4.69, 9.17) is 0 Å². The molecule has 0 aliphatic rings. The maximum Gasteiger partial charge on any atom is 0.220 e. The zero-order valence-corrected chi connectivity index (χ0v) is 13.5. The molecule has 0 unspecified atom stereocenters. The van der Waals surface area contributed by atoms with E-state index in [9.17, 15) is 4.79 Å². The Bertz CT molecular complexity index is 738. The third-order valence-corrected chi connectivity index (χ3v) is 4.35. The number of hydrogen-bond donors (Lipinski definition) is 1. The normalized spacial score (nSPS) is 10.6. The molecule has 3 aromatic rings. The van der Waals surface area contributed by atoms with Gasteiger partial charge in [-0.25, -0.2) is 9.67 Å². The maximum atomic E-state index is 12.0. The van der Waals surface area contributed by atoms with Gasteiger partial charge in [0.2, 0.25) is 5.91 Å². The molecule has 2 heterocycles. The highest BCUT2D eigenvalue weighted by atomic mass is 32.1. The smallest absolute Gasteiger partial charge is 0.220 e. The first kappa shape index (κ1) is 15.4. The Kier molecular flexibility index (Phi) is 5.16. The Balaban J connectivity index is 1.54. The van der Waals surface area contributed by atoms with Crippen molar-refractivity contribution < 1.29 is 4.79 Å². The fraction of sp³-hybridized carbons (Fsp3) is 0.235. The first-order valence-corrected chi connectivity index (χ1v) is 8.42. The second-order valence-electron chi connectivity index (χ2n) is 5.27. The van der Waals surface area contributed by atoms with Crippen molar-refractivity contribution in [3.63, 3.8) is 0 Å². The SMILES string of the molecule is O=C(CCc1ccsc1)NCc1ccccc1Cn1cncn1. The molecule has 1 N–H and O–H groups in total. The molecule has 1 amide bonds. The fourth-order valence-electron chi connectivity index (χ4n) is 2.35. The molecule has 0 fully saturated rings. The summed E-state index contributed by atoms with van der Waals surface area (Å²) in [6, 6.07) is 10.1. The largest absolute Gasteiger partial charge is 0.352 e. The lowest BCUT2D eigenvalue weighted by molar-refractivity contribution is -0.121. The van der Waals surface area contributed by atoms with E-state index >= 15 is 0 Å². The van der Waals surface area contributed by atoms with Gasteiger partial charge in [0.05, 0.1) is 6.54 Å². The summed E-state index contributed by atoms with van der Waals surface area (Å²) in [7, 11) is 0. The number of benzene rings is 1. The predicted molar refractivity (Wildman–Crippen MR) is 90.1 cm³/mol. The van der Waals surface area contributed by atoms with Crippen LogP contribution in [0, 0.1) is 0 Å². The van der Waals surface area contributed by atoms with Crippen molar-refractivity contribution in [2.24, 2.45) is 0 Å². The second kappa shape index (κ2) is 7.69. The molecule has 5 nitrogen and oxygen atoms in total. The number of hydrogen-bond acceptors (Lipinski definition) is 4. The summed E-state index contributed by atoms with van der Waals surface area (Å²) in [5, 5.41) is 11.2. The summed E-state index contributed by atoms with van der Waals surface area (Å²) >= 11 is 1.66. The molecule has 0 aliphatic carbocycles. The quantitative estimate of drug-likeness (QED) is 0.726. The Morgan fingerprint density at radius 3 is 2.83 bits per heavy atom. The van der Waals surface area contributed by atoms with Crippen LogP contribution in [-0.4, -0.2) is 20.7 Å². The molecule has 6 heteroatoms. The maximum absolute atomic E-state index is 12.0. The lowest BCUT2D eigenvalue weighted by Gasteiger charge is -2.10. The van der Waals surface area contributed by atoms with Crippen LogP contribution in [0.3, 0.4) is 0 Å². The van der Waals surface area contributed by atoms with Crippen LogP contribution in [0.25, 0.3) is 0 Å². The molecule has 118 valence electrons. The Labute approximate surface area is 139 Å². The molecule has 0 aliphatic heterocycles. The predicted octanol–water partition coefficient (Wildman–Crippen LogP) is 2.64. The standard InChI is InChI=1S/C17H18N4OS/c22-17(6-5-14-7-8-23-11-14)19-9-15-3-1-2-4-16(15)10-21-13-18-12-20-21/h1-4,7-8,11-13H,5-6,9-10H2,(H,19,22). The topological polar surface area (TPSA) is 59.8 Å². The minimum Gasteiger partial charge on any atom is -0.352 e.